The number of hydrazine groups is 1. The molecule has 1 aromatic heterocycles. The third-order valence-corrected chi connectivity index (χ3v) is 6.03. The molecule has 2 aliphatic heterocycles. The van der Waals surface area contributed by atoms with E-state index in [-0.39, 0.29) is 6.04 Å². The first kappa shape index (κ1) is 16.7. The Morgan fingerprint density at radius 2 is 1.76 bits per heavy atom. The van der Waals surface area contributed by atoms with Crippen LogP contribution in [0.15, 0.2) is 36.4 Å². The van der Waals surface area contributed by atoms with Crippen molar-refractivity contribution in [1.82, 2.24) is 20.7 Å². The van der Waals surface area contributed by atoms with Crippen LogP contribution in [0.4, 0.5) is 0 Å². The van der Waals surface area contributed by atoms with Gasteiger partial charge in [-0.2, -0.15) is 0 Å². The van der Waals surface area contributed by atoms with Crippen molar-refractivity contribution in [2.75, 3.05) is 13.1 Å². The van der Waals surface area contributed by atoms with Gasteiger partial charge in [0.25, 0.3) is 0 Å². The van der Waals surface area contributed by atoms with Crippen LogP contribution in [-0.2, 0) is 0 Å². The quantitative estimate of drug-likeness (QED) is 0.648. The second kappa shape index (κ2) is 7.26. The molecule has 0 radical (unpaired) electrons. The number of hydrogen-bond acceptors (Lipinski definition) is 3. The Bertz CT molecular complexity index is 740. The van der Waals surface area contributed by atoms with Crippen molar-refractivity contribution in [2.24, 2.45) is 11.8 Å². The number of aromatic nitrogens is 1. The largest absolute Gasteiger partial charge is 0.348 e. The second-order valence-electron chi connectivity index (χ2n) is 7.52. The number of nitrogens with one attached hydrogen (secondary N) is 2. The average molecular weight is 355 g/mol. The number of pyridine rings is 1. The smallest absolute Gasteiger partial charge is 0.183 e. The molecule has 5 heteroatoms. The van der Waals surface area contributed by atoms with Crippen LogP contribution in [0.1, 0.15) is 44.3 Å². The zero-order valence-corrected chi connectivity index (χ0v) is 15.6. The lowest BCUT2D eigenvalue weighted by atomic mass is 9.84. The monoisotopic (exact) mass is 354 g/mol. The third kappa shape index (κ3) is 3.77. The maximum atomic E-state index is 5.65. The first-order valence-corrected chi connectivity index (χ1v) is 9.76. The highest BCUT2D eigenvalue weighted by Gasteiger charge is 2.30. The summed E-state index contributed by atoms with van der Waals surface area (Å²) >= 11 is 5.65. The highest BCUT2D eigenvalue weighted by atomic mass is 32.1. The Morgan fingerprint density at radius 3 is 2.48 bits per heavy atom. The topological polar surface area (TPSA) is 40.2 Å². The Labute approximate surface area is 155 Å². The molecule has 0 spiro atoms. The average Bonchev–Trinajstić information content (AvgIpc) is 2.99. The maximum Gasteiger partial charge on any atom is 0.183 e. The number of benzene rings is 1. The van der Waals surface area contributed by atoms with Crippen molar-refractivity contribution in [3.05, 3.63) is 42.1 Å². The molecule has 132 valence electrons. The van der Waals surface area contributed by atoms with E-state index in [0.717, 1.165) is 41.2 Å². The minimum atomic E-state index is 0.0891. The summed E-state index contributed by atoms with van der Waals surface area (Å²) in [5, 5.41) is 1.99. The molecule has 25 heavy (non-hydrogen) atoms. The highest BCUT2D eigenvalue weighted by molar-refractivity contribution is 7.80. The summed E-state index contributed by atoms with van der Waals surface area (Å²) in [6.45, 7) is 4.32. The van der Waals surface area contributed by atoms with Crippen LogP contribution >= 0.6 is 12.2 Å². The third-order valence-electron chi connectivity index (χ3n) is 5.67. The van der Waals surface area contributed by atoms with Gasteiger partial charge in [-0.05, 0) is 68.8 Å². The molecule has 2 saturated heterocycles. The molecule has 3 aliphatic rings. The number of fused-ring (bicyclic) bond motifs is 5. The number of para-hydroxylation sites is 1. The minimum Gasteiger partial charge on any atom is -0.348 e. The summed E-state index contributed by atoms with van der Waals surface area (Å²) in [5.74, 6) is 1.64. The summed E-state index contributed by atoms with van der Waals surface area (Å²) in [7, 11) is 0. The standard InChI is InChI=1S/C20H26N4S/c1-14(18-11-10-17-4-2-3-5-19(17)21-18)22-23-20(25)24-12-15-6-7-16(13-24)9-8-15/h2-5,10-11,14-16,22H,6-9,12-13H2,1H3,(H,23,25). The number of thiocarbonyl (C=S) groups is 1. The van der Waals surface area contributed by atoms with Gasteiger partial charge in [0.1, 0.15) is 0 Å². The lowest BCUT2D eigenvalue weighted by molar-refractivity contribution is 0.326. The first-order chi connectivity index (χ1) is 12.2. The van der Waals surface area contributed by atoms with E-state index in [1.54, 1.807) is 0 Å². The van der Waals surface area contributed by atoms with Crippen molar-refractivity contribution in [2.45, 2.75) is 38.6 Å². The molecule has 5 rings (SSSR count). The zero-order chi connectivity index (χ0) is 17.2. The fourth-order valence-corrected chi connectivity index (χ4v) is 4.31. The van der Waals surface area contributed by atoms with Gasteiger partial charge in [-0.1, -0.05) is 24.3 Å². The molecule has 2 N–H and O–H groups in total. The van der Waals surface area contributed by atoms with Crippen molar-refractivity contribution >= 4 is 28.2 Å². The molecule has 1 saturated carbocycles. The Balaban J connectivity index is 1.37. The molecule has 1 unspecified atom stereocenters. The molecular weight excluding hydrogens is 328 g/mol. The molecule has 1 aromatic carbocycles. The first-order valence-electron chi connectivity index (χ1n) is 9.35. The van der Waals surface area contributed by atoms with Crippen LogP contribution < -0.4 is 10.9 Å². The van der Waals surface area contributed by atoms with E-state index in [9.17, 15) is 0 Å². The van der Waals surface area contributed by atoms with E-state index >= 15 is 0 Å². The van der Waals surface area contributed by atoms with Crippen LogP contribution in [0.5, 0.6) is 0 Å². The van der Waals surface area contributed by atoms with Crippen LogP contribution in [0, 0.1) is 11.8 Å². The van der Waals surface area contributed by atoms with Gasteiger partial charge in [0, 0.05) is 18.5 Å². The summed E-state index contributed by atoms with van der Waals surface area (Å²) < 4.78 is 0. The van der Waals surface area contributed by atoms with E-state index in [2.05, 4.69) is 46.9 Å². The van der Waals surface area contributed by atoms with Crippen molar-refractivity contribution in [3.8, 4) is 0 Å². The van der Waals surface area contributed by atoms with Crippen LogP contribution in [0.2, 0.25) is 0 Å². The van der Waals surface area contributed by atoms with Gasteiger partial charge in [-0.15, -0.1) is 0 Å². The molecule has 1 atom stereocenters. The number of nitrogens with zero attached hydrogens (tertiary/aromatic N) is 2. The van der Waals surface area contributed by atoms with Crippen LogP contribution in [0.25, 0.3) is 10.9 Å². The lowest BCUT2D eigenvalue weighted by Gasteiger charge is -2.27. The highest BCUT2D eigenvalue weighted by Crippen LogP contribution is 2.33. The molecule has 3 fully saturated rings. The van der Waals surface area contributed by atoms with E-state index < -0.39 is 0 Å². The summed E-state index contributed by atoms with van der Waals surface area (Å²) in [6.07, 6.45) is 5.48. The van der Waals surface area contributed by atoms with E-state index in [1.165, 1.54) is 31.1 Å². The summed E-state index contributed by atoms with van der Waals surface area (Å²) in [6, 6.07) is 12.5. The fourth-order valence-electron chi connectivity index (χ4n) is 4.11. The summed E-state index contributed by atoms with van der Waals surface area (Å²) in [4.78, 5) is 7.11. The number of rotatable bonds is 3. The van der Waals surface area contributed by atoms with Gasteiger partial charge in [-0.25, -0.2) is 5.43 Å². The van der Waals surface area contributed by atoms with Gasteiger partial charge < -0.3 is 4.90 Å². The van der Waals surface area contributed by atoms with E-state index in [1.807, 2.05) is 12.1 Å². The van der Waals surface area contributed by atoms with E-state index in [0.29, 0.717) is 0 Å². The zero-order valence-electron chi connectivity index (χ0n) is 14.7. The minimum absolute atomic E-state index is 0.0891. The van der Waals surface area contributed by atoms with Crippen LogP contribution in [-0.4, -0.2) is 28.1 Å². The molecule has 2 aromatic rings. The molecular formula is C20H26N4S. The summed E-state index contributed by atoms with van der Waals surface area (Å²) in [5.41, 5.74) is 8.65. The Hall–Kier alpha value is -1.72. The number of hydrogen-bond donors (Lipinski definition) is 2. The SMILES string of the molecule is CC(NNC(=S)N1CC2CCC(CC2)C1)c1ccc2ccccc2n1. The van der Waals surface area contributed by atoms with Crippen LogP contribution in [0.3, 0.4) is 0 Å². The van der Waals surface area contributed by atoms with Crippen molar-refractivity contribution in [1.29, 1.82) is 0 Å². The van der Waals surface area contributed by atoms with Gasteiger partial charge in [0.05, 0.1) is 17.3 Å². The van der Waals surface area contributed by atoms with Gasteiger partial charge >= 0.3 is 0 Å². The Kier molecular flexibility index (Phi) is 4.86. The predicted molar refractivity (Wildman–Crippen MR) is 106 cm³/mol. The van der Waals surface area contributed by atoms with Gasteiger partial charge in [0.2, 0.25) is 0 Å². The van der Waals surface area contributed by atoms with Gasteiger partial charge in [-0.3, -0.25) is 10.4 Å². The van der Waals surface area contributed by atoms with Crippen molar-refractivity contribution in [3.63, 3.8) is 0 Å². The molecule has 2 bridgehead atoms. The van der Waals surface area contributed by atoms with E-state index in [4.69, 9.17) is 17.2 Å². The molecule has 0 amide bonds. The predicted octanol–water partition coefficient (Wildman–Crippen LogP) is 3.80. The lowest BCUT2D eigenvalue weighted by Crippen LogP contribution is -2.48. The second-order valence-corrected chi connectivity index (χ2v) is 7.90. The molecule has 1 aliphatic carbocycles. The Morgan fingerprint density at radius 1 is 1.08 bits per heavy atom. The molecule has 3 heterocycles. The van der Waals surface area contributed by atoms with Crippen molar-refractivity contribution < 1.29 is 0 Å². The molecule has 4 nitrogen and oxygen atoms in total. The normalized spacial score (nSPS) is 24.1. The fraction of sp³-hybridized carbons (Fsp3) is 0.500. The maximum absolute atomic E-state index is 5.65. The van der Waals surface area contributed by atoms with Gasteiger partial charge in [0.15, 0.2) is 5.11 Å².